The van der Waals surface area contributed by atoms with Crippen LogP contribution in [0.2, 0.25) is 0 Å². The Balaban J connectivity index is 3.01. The van der Waals surface area contributed by atoms with Crippen LogP contribution in [-0.4, -0.2) is 6.26 Å². The molecule has 0 bridgehead atoms. The highest BCUT2D eigenvalue weighted by Crippen LogP contribution is 2.21. The summed E-state index contributed by atoms with van der Waals surface area (Å²) in [5.74, 6) is 0. The molecule has 0 aliphatic carbocycles. The minimum absolute atomic E-state index is 0.820. The van der Waals surface area contributed by atoms with Gasteiger partial charge in [-0.25, -0.2) is 0 Å². The largest absolute Gasteiger partial charge is 0.143 e. The molecule has 1 aromatic rings. The molecule has 0 N–H and O–H groups in total. The van der Waals surface area contributed by atoms with E-state index in [9.17, 15) is 0 Å². The smallest absolute Gasteiger partial charge is 0.00754 e. The fourth-order valence-corrected chi connectivity index (χ4v) is 1.40. The topological polar surface area (TPSA) is 0 Å². The lowest BCUT2D eigenvalue weighted by Crippen LogP contribution is -1.75. The Kier molecular flexibility index (Phi) is 3.09. The van der Waals surface area contributed by atoms with Crippen molar-refractivity contribution in [3.05, 3.63) is 36.4 Å². The summed E-state index contributed by atoms with van der Waals surface area (Å²) in [6.45, 7) is 3.76. The molecule has 1 aromatic carbocycles. The van der Waals surface area contributed by atoms with E-state index in [0.29, 0.717) is 0 Å². The maximum atomic E-state index is 4.17. The highest BCUT2D eigenvalue weighted by molar-refractivity contribution is 7.98. The van der Waals surface area contributed by atoms with E-state index in [2.05, 4.69) is 37.6 Å². The zero-order valence-electron chi connectivity index (χ0n) is 6.37. The normalized spacial score (nSPS) is 9.64. The fourth-order valence-electron chi connectivity index (χ4n) is 0.803. The number of benzene rings is 1. The summed E-state index contributed by atoms with van der Waals surface area (Å²) in [4.78, 5) is 2.07. The van der Waals surface area contributed by atoms with Gasteiger partial charge >= 0.3 is 0 Å². The van der Waals surface area contributed by atoms with E-state index in [1.807, 2.05) is 12.1 Å². The molecule has 0 radical (unpaired) electrons. The molecule has 58 valence electrons. The van der Waals surface area contributed by atoms with Crippen molar-refractivity contribution >= 4 is 29.3 Å². The van der Waals surface area contributed by atoms with Crippen molar-refractivity contribution in [2.24, 2.45) is 0 Å². The molecule has 0 saturated carbocycles. The van der Waals surface area contributed by atoms with Crippen molar-refractivity contribution in [2.75, 3.05) is 6.26 Å². The van der Waals surface area contributed by atoms with E-state index in [1.165, 1.54) is 4.90 Å². The standard InChI is InChI=1S/C9H10S2/c1-7(10)8-4-3-5-9(6-8)11-2/h3-6,10H,1H2,2H3. The van der Waals surface area contributed by atoms with Gasteiger partial charge in [0.25, 0.3) is 0 Å². The zero-order valence-corrected chi connectivity index (χ0v) is 8.08. The summed E-state index contributed by atoms with van der Waals surface area (Å²) in [5, 5.41) is 0. The predicted molar refractivity (Wildman–Crippen MR) is 56.2 cm³/mol. The average Bonchev–Trinajstić information content (AvgIpc) is 2.05. The molecular weight excluding hydrogens is 172 g/mol. The predicted octanol–water partition coefficient (Wildman–Crippen LogP) is 3.31. The lowest BCUT2D eigenvalue weighted by molar-refractivity contribution is 1.45. The van der Waals surface area contributed by atoms with E-state index in [4.69, 9.17) is 0 Å². The van der Waals surface area contributed by atoms with Gasteiger partial charge in [-0.05, 0) is 24.0 Å². The minimum Gasteiger partial charge on any atom is -0.143 e. The summed E-state index contributed by atoms with van der Waals surface area (Å²) in [6, 6.07) is 8.18. The van der Waals surface area contributed by atoms with Gasteiger partial charge in [0, 0.05) is 9.80 Å². The number of rotatable bonds is 2. The van der Waals surface area contributed by atoms with Crippen LogP contribution in [0.4, 0.5) is 0 Å². The Morgan fingerprint density at radius 2 is 2.27 bits per heavy atom. The van der Waals surface area contributed by atoms with Crippen LogP contribution in [0.1, 0.15) is 5.56 Å². The van der Waals surface area contributed by atoms with E-state index in [0.717, 1.165) is 10.5 Å². The van der Waals surface area contributed by atoms with Crippen LogP contribution in [0.5, 0.6) is 0 Å². The summed E-state index contributed by atoms with van der Waals surface area (Å²) < 4.78 is 0. The third-order valence-electron chi connectivity index (χ3n) is 1.40. The first-order valence-electron chi connectivity index (χ1n) is 3.26. The Bertz CT molecular complexity index is 266. The molecule has 0 aromatic heterocycles. The monoisotopic (exact) mass is 182 g/mol. The third-order valence-corrected chi connectivity index (χ3v) is 2.39. The van der Waals surface area contributed by atoms with Crippen molar-refractivity contribution in [2.45, 2.75) is 4.90 Å². The molecule has 2 heteroatoms. The van der Waals surface area contributed by atoms with Gasteiger partial charge in [-0.3, -0.25) is 0 Å². The molecule has 0 nitrogen and oxygen atoms in total. The second-order valence-electron chi connectivity index (χ2n) is 2.18. The molecule has 1 rings (SSSR count). The average molecular weight is 182 g/mol. The van der Waals surface area contributed by atoms with Gasteiger partial charge in [-0.15, -0.1) is 24.4 Å². The first kappa shape index (κ1) is 8.75. The zero-order chi connectivity index (χ0) is 8.27. The quantitative estimate of drug-likeness (QED) is 0.541. The highest BCUT2D eigenvalue weighted by Gasteiger charge is 1.94. The van der Waals surface area contributed by atoms with Crippen molar-refractivity contribution in [3.8, 4) is 0 Å². The molecule has 0 saturated heterocycles. The van der Waals surface area contributed by atoms with Gasteiger partial charge in [0.2, 0.25) is 0 Å². The second-order valence-corrected chi connectivity index (χ2v) is 3.60. The molecule has 0 spiro atoms. The fraction of sp³-hybridized carbons (Fsp3) is 0.111. The van der Waals surface area contributed by atoms with Gasteiger partial charge in [0.05, 0.1) is 0 Å². The SMILES string of the molecule is C=C(S)c1cccc(SC)c1. The number of thiol groups is 1. The number of thioether (sulfide) groups is 1. The van der Waals surface area contributed by atoms with Gasteiger partial charge in [-0.1, -0.05) is 18.7 Å². The minimum atomic E-state index is 0.820. The van der Waals surface area contributed by atoms with Gasteiger partial charge in [-0.2, -0.15) is 0 Å². The van der Waals surface area contributed by atoms with Crippen LogP contribution < -0.4 is 0 Å². The highest BCUT2D eigenvalue weighted by atomic mass is 32.2. The maximum Gasteiger partial charge on any atom is 0.00754 e. The molecule has 11 heavy (non-hydrogen) atoms. The van der Waals surface area contributed by atoms with Crippen LogP contribution >= 0.6 is 24.4 Å². The van der Waals surface area contributed by atoms with Gasteiger partial charge in [0.1, 0.15) is 0 Å². The molecule has 0 atom stereocenters. The second kappa shape index (κ2) is 3.88. The maximum absolute atomic E-state index is 4.17. The number of hydrogen-bond acceptors (Lipinski definition) is 2. The van der Waals surface area contributed by atoms with Crippen LogP contribution in [0.15, 0.2) is 35.7 Å². The lowest BCUT2D eigenvalue weighted by Gasteiger charge is -2.00. The molecular formula is C9H10S2. The molecule has 0 aliphatic heterocycles. The first-order valence-corrected chi connectivity index (χ1v) is 4.93. The summed E-state index contributed by atoms with van der Waals surface area (Å²) in [7, 11) is 0. The van der Waals surface area contributed by atoms with Crippen molar-refractivity contribution in [1.82, 2.24) is 0 Å². The Hall–Kier alpha value is -0.340. The Labute approximate surface area is 77.1 Å². The third kappa shape index (κ3) is 2.31. The van der Waals surface area contributed by atoms with Crippen LogP contribution in [0.3, 0.4) is 0 Å². The van der Waals surface area contributed by atoms with E-state index in [1.54, 1.807) is 11.8 Å². The molecule has 0 unspecified atom stereocenters. The molecule has 0 amide bonds. The van der Waals surface area contributed by atoms with Gasteiger partial charge < -0.3 is 0 Å². The molecule has 0 aliphatic rings. The Morgan fingerprint density at radius 1 is 1.55 bits per heavy atom. The number of hydrogen-bond donors (Lipinski definition) is 1. The van der Waals surface area contributed by atoms with Crippen molar-refractivity contribution in [1.29, 1.82) is 0 Å². The molecule has 0 fully saturated rings. The Morgan fingerprint density at radius 3 is 2.82 bits per heavy atom. The summed E-state index contributed by atoms with van der Waals surface area (Å²) in [6.07, 6.45) is 2.06. The van der Waals surface area contributed by atoms with E-state index < -0.39 is 0 Å². The van der Waals surface area contributed by atoms with Gasteiger partial charge in [0.15, 0.2) is 0 Å². The first-order chi connectivity index (χ1) is 5.24. The summed E-state index contributed by atoms with van der Waals surface area (Å²) in [5.41, 5.74) is 1.10. The lowest BCUT2D eigenvalue weighted by atomic mass is 10.2. The van der Waals surface area contributed by atoms with Crippen molar-refractivity contribution < 1.29 is 0 Å². The van der Waals surface area contributed by atoms with Crippen molar-refractivity contribution in [3.63, 3.8) is 0 Å². The van der Waals surface area contributed by atoms with Crippen LogP contribution in [0.25, 0.3) is 4.91 Å². The van der Waals surface area contributed by atoms with Crippen LogP contribution in [-0.2, 0) is 0 Å². The summed E-state index contributed by atoms with van der Waals surface area (Å²) >= 11 is 5.90. The van der Waals surface area contributed by atoms with E-state index >= 15 is 0 Å². The molecule has 0 heterocycles. The van der Waals surface area contributed by atoms with Crippen LogP contribution in [0, 0.1) is 0 Å². The van der Waals surface area contributed by atoms with E-state index in [-0.39, 0.29) is 0 Å².